The van der Waals surface area contributed by atoms with Crippen LogP contribution < -0.4 is 5.32 Å². The third-order valence-electron chi connectivity index (χ3n) is 2.44. The number of pyridine rings is 1. The Morgan fingerprint density at radius 2 is 2.20 bits per heavy atom. The number of aromatic nitrogens is 1. The number of aryl methyl sites for hydroxylation is 1. The minimum Gasteiger partial charge on any atom is -0.382 e. The highest BCUT2D eigenvalue weighted by Gasteiger charge is 2.39. The molecule has 9 heteroatoms. The third-order valence-corrected chi connectivity index (χ3v) is 2.83. The van der Waals surface area contributed by atoms with Crippen molar-refractivity contribution < 1.29 is 23.1 Å². The number of nitrogens with zero attached hydrogens (tertiary/aromatic N) is 2. The molecule has 1 aromatic heterocycles. The summed E-state index contributed by atoms with van der Waals surface area (Å²) >= 11 is 5.71. The summed E-state index contributed by atoms with van der Waals surface area (Å²) < 4.78 is 36.5. The molecule has 0 aliphatic heterocycles. The van der Waals surface area contributed by atoms with Crippen LogP contribution in [0.2, 0.25) is 5.15 Å². The first-order valence-corrected chi connectivity index (χ1v) is 5.88. The Balaban J connectivity index is 2.64. The predicted molar refractivity (Wildman–Crippen MR) is 67.7 cm³/mol. The summed E-state index contributed by atoms with van der Waals surface area (Å²) in [6.45, 7) is 0.803. The second kappa shape index (κ2) is 6.27. The van der Waals surface area contributed by atoms with E-state index in [0.29, 0.717) is 11.3 Å². The topological polar surface area (TPSA) is 65.5 Å². The van der Waals surface area contributed by atoms with Crippen molar-refractivity contribution in [3.63, 3.8) is 0 Å². The molecular formula is C11H13ClF3N3O2. The molecule has 0 saturated heterocycles. The SMILES string of the molecule is Cc1cc(NC(=O)N(C)CC(O)C(F)(F)F)cnc1Cl. The molecule has 1 heterocycles. The highest BCUT2D eigenvalue weighted by molar-refractivity contribution is 6.30. The summed E-state index contributed by atoms with van der Waals surface area (Å²) in [6.07, 6.45) is -6.09. The number of hydrogen-bond acceptors (Lipinski definition) is 3. The van der Waals surface area contributed by atoms with Gasteiger partial charge in [-0.3, -0.25) is 0 Å². The van der Waals surface area contributed by atoms with Crippen LogP contribution >= 0.6 is 11.6 Å². The first kappa shape index (κ1) is 16.5. The van der Waals surface area contributed by atoms with E-state index in [4.69, 9.17) is 16.7 Å². The summed E-state index contributed by atoms with van der Waals surface area (Å²) in [5.74, 6) is 0. The fraction of sp³-hybridized carbons (Fsp3) is 0.455. The summed E-state index contributed by atoms with van der Waals surface area (Å²) in [7, 11) is 1.14. The van der Waals surface area contributed by atoms with Crippen LogP contribution in [0.5, 0.6) is 0 Å². The zero-order chi connectivity index (χ0) is 15.5. The maximum atomic E-state index is 12.2. The second-order valence-corrected chi connectivity index (χ2v) is 4.56. The van der Waals surface area contributed by atoms with Gasteiger partial charge in [0.25, 0.3) is 0 Å². The summed E-state index contributed by atoms with van der Waals surface area (Å²) in [5.41, 5.74) is 0.910. The number of anilines is 1. The fourth-order valence-electron chi connectivity index (χ4n) is 1.29. The van der Waals surface area contributed by atoms with Gasteiger partial charge < -0.3 is 15.3 Å². The Kier molecular flexibility index (Phi) is 5.18. The number of halogens is 4. The van der Waals surface area contributed by atoms with Gasteiger partial charge in [0.05, 0.1) is 18.4 Å². The monoisotopic (exact) mass is 311 g/mol. The number of likely N-dealkylation sites (N-methyl/N-ethyl adjacent to an activating group) is 1. The normalized spacial score (nSPS) is 12.9. The first-order valence-electron chi connectivity index (χ1n) is 5.50. The van der Waals surface area contributed by atoms with Crippen LogP contribution in [-0.4, -0.2) is 46.9 Å². The van der Waals surface area contributed by atoms with E-state index in [1.807, 2.05) is 0 Å². The maximum absolute atomic E-state index is 12.2. The zero-order valence-electron chi connectivity index (χ0n) is 10.7. The molecule has 20 heavy (non-hydrogen) atoms. The number of hydrogen-bond donors (Lipinski definition) is 2. The number of amides is 2. The average molecular weight is 312 g/mol. The Morgan fingerprint density at radius 1 is 1.60 bits per heavy atom. The predicted octanol–water partition coefficient (Wildman–Crippen LogP) is 2.43. The van der Waals surface area contributed by atoms with Crippen molar-refractivity contribution in [3.05, 3.63) is 23.0 Å². The van der Waals surface area contributed by atoms with Crippen LogP contribution in [-0.2, 0) is 0 Å². The molecule has 112 valence electrons. The van der Waals surface area contributed by atoms with Crippen molar-refractivity contribution in [2.45, 2.75) is 19.2 Å². The average Bonchev–Trinajstić information content (AvgIpc) is 2.32. The molecule has 1 unspecified atom stereocenters. The largest absolute Gasteiger partial charge is 0.416 e. The van der Waals surface area contributed by atoms with Crippen molar-refractivity contribution in [2.24, 2.45) is 0 Å². The van der Waals surface area contributed by atoms with Crippen LogP contribution in [0.1, 0.15) is 5.56 Å². The molecule has 0 spiro atoms. The Morgan fingerprint density at radius 3 is 2.70 bits per heavy atom. The van der Waals surface area contributed by atoms with Gasteiger partial charge in [-0.2, -0.15) is 13.2 Å². The van der Waals surface area contributed by atoms with Crippen LogP contribution in [0, 0.1) is 6.92 Å². The van der Waals surface area contributed by atoms with Gasteiger partial charge >= 0.3 is 12.2 Å². The number of urea groups is 1. The highest BCUT2D eigenvalue weighted by atomic mass is 35.5. The van der Waals surface area contributed by atoms with Crippen LogP contribution in [0.15, 0.2) is 12.3 Å². The number of alkyl halides is 3. The molecule has 0 radical (unpaired) electrons. The zero-order valence-corrected chi connectivity index (χ0v) is 11.5. The van der Waals surface area contributed by atoms with Crippen molar-refractivity contribution in [3.8, 4) is 0 Å². The molecule has 1 atom stereocenters. The van der Waals surface area contributed by atoms with Gasteiger partial charge in [0.2, 0.25) is 0 Å². The number of rotatable bonds is 3. The standard InChI is InChI=1S/C11H13ClF3N3O2/c1-6-3-7(4-16-9(6)12)17-10(20)18(2)5-8(19)11(13,14)15/h3-4,8,19H,5H2,1-2H3,(H,17,20). The number of nitrogens with one attached hydrogen (secondary N) is 1. The van der Waals surface area contributed by atoms with E-state index >= 15 is 0 Å². The molecule has 0 fully saturated rings. The van der Waals surface area contributed by atoms with E-state index in [2.05, 4.69) is 10.3 Å². The van der Waals surface area contributed by atoms with Crippen LogP contribution in [0.4, 0.5) is 23.7 Å². The van der Waals surface area contributed by atoms with E-state index in [-0.39, 0.29) is 5.15 Å². The Labute approximate surface area is 118 Å². The van der Waals surface area contributed by atoms with Crippen LogP contribution in [0.3, 0.4) is 0 Å². The highest BCUT2D eigenvalue weighted by Crippen LogP contribution is 2.21. The summed E-state index contributed by atoms with van der Waals surface area (Å²) in [6, 6.07) is 0.734. The molecule has 2 amide bonds. The quantitative estimate of drug-likeness (QED) is 0.843. The maximum Gasteiger partial charge on any atom is 0.416 e. The van der Waals surface area contributed by atoms with Crippen molar-refractivity contribution in [2.75, 3.05) is 18.9 Å². The molecule has 0 saturated carbocycles. The Bertz CT molecular complexity index is 496. The Hall–Kier alpha value is -1.54. The van der Waals surface area contributed by atoms with Gasteiger partial charge in [0.1, 0.15) is 5.15 Å². The molecule has 5 nitrogen and oxygen atoms in total. The summed E-state index contributed by atoms with van der Waals surface area (Å²) in [4.78, 5) is 16.2. The lowest BCUT2D eigenvalue weighted by Crippen LogP contribution is -2.43. The molecule has 1 rings (SSSR count). The molecular weight excluding hydrogens is 299 g/mol. The summed E-state index contributed by atoms with van der Waals surface area (Å²) in [5, 5.41) is 11.5. The molecule has 0 aliphatic rings. The minimum atomic E-state index is -4.77. The van der Waals surface area contributed by atoms with Crippen molar-refractivity contribution in [1.29, 1.82) is 0 Å². The van der Waals surface area contributed by atoms with Gasteiger partial charge in [-0.1, -0.05) is 11.6 Å². The lowest BCUT2D eigenvalue weighted by atomic mass is 10.3. The van der Waals surface area contributed by atoms with Crippen molar-refractivity contribution >= 4 is 23.3 Å². The van der Waals surface area contributed by atoms with Gasteiger partial charge in [-0.05, 0) is 18.6 Å². The molecule has 2 N–H and O–H groups in total. The first-order chi connectivity index (χ1) is 9.11. The van der Waals surface area contributed by atoms with E-state index in [9.17, 15) is 18.0 Å². The third kappa shape index (κ3) is 4.53. The number of carbonyl (C=O) groups excluding carboxylic acids is 1. The lowest BCUT2D eigenvalue weighted by Gasteiger charge is -2.22. The van der Waals surface area contributed by atoms with Crippen LogP contribution in [0.25, 0.3) is 0 Å². The second-order valence-electron chi connectivity index (χ2n) is 4.20. The lowest BCUT2D eigenvalue weighted by molar-refractivity contribution is -0.205. The number of carbonyl (C=O) groups is 1. The van der Waals surface area contributed by atoms with Gasteiger partial charge in [0.15, 0.2) is 6.10 Å². The van der Waals surface area contributed by atoms with E-state index in [1.54, 1.807) is 6.92 Å². The van der Waals surface area contributed by atoms with Gasteiger partial charge in [-0.25, -0.2) is 9.78 Å². The molecule has 0 aromatic carbocycles. The smallest absolute Gasteiger partial charge is 0.382 e. The van der Waals surface area contributed by atoms with Crippen molar-refractivity contribution in [1.82, 2.24) is 9.88 Å². The van der Waals surface area contributed by atoms with E-state index in [1.165, 1.54) is 12.3 Å². The molecule has 1 aromatic rings. The van der Waals surface area contributed by atoms with E-state index in [0.717, 1.165) is 11.9 Å². The minimum absolute atomic E-state index is 0.267. The molecule has 0 aliphatic carbocycles. The van der Waals surface area contributed by atoms with Gasteiger partial charge in [0, 0.05) is 7.05 Å². The fourth-order valence-corrected chi connectivity index (χ4v) is 1.39. The molecule has 0 bridgehead atoms. The van der Waals surface area contributed by atoms with E-state index < -0.39 is 24.9 Å². The number of aliphatic hydroxyl groups excluding tert-OH is 1. The number of aliphatic hydroxyl groups is 1. The van der Waals surface area contributed by atoms with Gasteiger partial charge in [-0.15, -0.1) is 0 Å².